The van der Waals surface area contributed by atoms with Gasteiger partial charge in [0.1, 0.15) is 16.6 Å². The first-order valence-electron chi connectivity index (χ1n) is 5.89. The predicted octanol–water partition coefficient (Wildman–Crippen LogP) is 2.73. The Morgan fingerprint density at radius 1 is 1.61 bits per heavy atom. The van der Waals surface area contributed by atoms with E-state index in [1.165, 1.54) is 11.5 Å². The highest BCUT2D eigenvalue weighted by atomic mass is 35.5. The highest BCUT2D eigenvalue weighted by Gasteiger charge is 2.20. The maximum Gasteiger partial charge on any atom is 0.162 e. The predicted molar refractivity (Wildman–Crippen MR) is 75.1 cm³/mol. The van der Waals surface area contributed by atoms with E-state index in [0.29, 0.717) is 16.8 Å². The summed E-state index contributed by atoms with van der Waals surface area (Å²) in [6.45, 7) is 6.81. The summed E-state index contributed by atoms with van der Waals surface area (Å²) in [5.74, 6) is 0. The molecule has 4 nitrogen and oxygen atoms in total. The molecule has 1 N–H and O–H groups in total. The maximum absolute atomic E-state index is 9.00. The molecule has 6 heteroatoms. The molecule has 0 saturated carbocycles. The average Bonchev–Trinajstić information content (AvgIpc) is 2.72. The van der Waals surface area contributed by atoms with Crippen LogP contribution < -0.4 is 5.32 Å². The average molecular weight is 283 g/mol. The van der Waals surface area contributed by atoms with Crippen molar-refractivity contribution in [1.29, 1.82) is 5.26 Å². The second-order valence-electron chi connectivity index (χ2n) is 4.30. The van der Waals surface area contributed by atoms with Crippen molar-refractivity contribution in [2.24, 2.45) is 0 Å². The van der Waals surface area contributed by atoms with E-state index in [0.717, 1.165) is 37.5 Å². The van der Waals surface area contributed by atoms with Crippen molar-refractivity contribution in [1.82, 2.24) is 9.27 Å². The molecule has 0 aromatic carbocycles. The Hall–Kier alpha value is -1.09. The number of hydrogen-bond donors (Lipinski definition) is 1. The van der Waals surface area contributed by atoms with Gasteiger partial charge < -0.3 is 5.32 Å². The van der Waals surface area contributed by atoms with Crippen molar-refractivity contribution in [2.45, 2.75) is 18.9 Å². The second kappa shape index (κ2) is 6.19. The lowest BCUT2D eigenvalue weighted by atomic mass is 10.1. The molecule has 18 heavy (non-hydrogen) atoms. The van der Waals surface area contributed by atoms with E-state index in [1.54, 1.807) is 0 Å². The Morgan fingerprint density at radius 2 is 2.33 bits per heavy atom. The van der Waals surface area contributed by atoms with Gasteiger partial charge in [-0.15, -0.1) is 6.58 Å². The normalized spacial score (nSPS) is 17.3. The van der Waals surface area contributed by atoms with Gasteiger partial charge in [0, 0.05) is 25.7 Å². The minimum atomic E-state index is 0.300. The molecule has 0 atom stereocenters. The zero-order valence-corrected chi connectivity index (χ0v) is 11.6. The Morgan fingerprint density at radius 3 is 2.94 bits per heavy atom. The third-order valence-corrected chi connectivity index (χ3v) is 4.22. The summed E-state index contributed by atoms with van der Waals surface area (Å²) < 4.78 is 4.00. The van der Waals surface area contributed by atoms with Crippen LogP contribution in [0, 0.1) is 11.3 Å². The summed E-state index contributed by atoms with van der Waals surface area (Å²) in [6, 6.07) is 2.49. The smallest absolute Gasteiger partial charge is 0.162 e. The number of likely N-dealkylation sites (tertiary alicyclic amines) is 1. The van der Waals surface area contributed by atoms with Gasteiger partial charge in [0.05, 0.1) is 0 Å². The molecule has 1 fully saturated rings. The Kier molecular flexibility index (Phi) is 4.59. The van der Waals surface area contributed by atoms with Gasteiger partial charge in [-0.1, -0.05) is 17.7 Å². The quantitative estimate of drug-likeness (QED) is 0.863. The fraction of sp³-hybridized carbons (Fsp3) is 0.500. The number of nitrogens with one attached hydrogen (secondary N) is 1. The first-order chi connectivity index (χ1) is 8.74. The van der Waals surface area contributed by atoms with E-state index < -0.39 is 0 Å². The number of rotatable bonds is 4. The SMILES string of the molecule is C=CCN1CCC(Nc2snc(Cl)c2C#N)CC1. The summed E-state index contributed by atoms with van der Waals surface area (Å²) in [5.41, 5.74) is 0.468. The van der Waals surface area contributed by atoms with E-state index in [2.05, 4.69) is 27.2 Å². The minimum absolute atomic E-state index is 0.300. The monoisotopic (exact) mass is 282 g/mol. The Balaban J connectivity index is 1.92. The van der Waals surface area contributed by atoms with Crippen LogP contribution in [0.3, 0.4) is 0 Å². The van der Waals surface area contributed by atoms with Crippen molar-refractivity contribution >= 4 is 28.1 Å². The molecular formula is C12H15ClN4S. The summed E-state index contributed by atoms with van der Waals surface area (Å²) in [7, 11) is 0. The number of hydrogen-bond acceptors (Lipinski definition) is 5. The highest BCUT2D eigenvalue weighted by molar-refractivity contribution is 7.10. The molecule has 1 saturated heterocycles. The molecule has 1 aromatic heterocycles. The summed E-state index contributed by atoms with van der Waals surface area (Å²) >= 11 is 7.10. The molecule has 0 amide bonds. The third kappa shape index (κ3) is 3.02. The van der Waals surface area contributed by atoms with Crippen LogP contribution >= 0.6 is 23.1 Å². The van der Waals surface area contributed by atoms with Gasteiger partial charge in [-0.25, -0.2) is 0 Å². The van der Waals surface area contributed by atoms with E-state index in [-0.39, 0.29) is 0 Å². The first kappa shape index (κ1) is 13.3. The van der Waals surface area contributed by atoms with E-state index in [9.17, 15) is 0 Å². The van der Waals surface area contributed by atoms with Gasteiger partial charge in [0.2, 0.25) is 0 Å². The molecule has 0 radical (unpaired) electrons. The molecule has 1 aliphatic rings. The van der Waals surface area contributed by atoms with Crippen LogP contribution in [0.5, 0.6) is 0 Å². The summed E-state index contributed by atoms with van der Waals surface area (Å²) in [4.78, 5) is 2.37. The molecule has 0 unspecified atom stereocenters. The van der Waals surface area contributed by atoms with E-state index in [1.807, 2.05) is 6.08 Å². The molecule has 2 rings (SSSR count). The number of nitriles is 1. The molecular weight excluding hydrogens is 268 g/mol. The third-order valence-electron chi connectivity index (χ3n) is 3.07. The van der Waals surface area contributed by atoms with E-state index >= 15 is 0 Å². The fourth-order valence-corrected chi connectivity index (χ4v) is 3.11. The number of halogens is 1. The Labute approximate surface area is 116 Å². The number of nitrogens with zero attached hydrogens (tertiary/aromatic N) is 3. The maximum atomic E-state index is 9.00. The highest BCUT2D eigenvalue weighted by Crippen LogP contribution is 2.29. The van der Waals surface area contributed by atoms with Gasteiger partial charge in [-0.05, 0) is 24.4 Å². The lowest BCUT2D eigenvalue weighted by Crippen LogP contribution is -2.39. The van der Waals surface area contributed by atoms with Crippen LogP contribution in [0.1, 0.15) is 18.4 Å². The lowest BCUT2D eigenvalue weighted by Gasteiger charge is -2.31. The Bertz CT molecular complexity index is 457. The summed E-state index contributed by atoms with van der Waals surface area (Å²) in [6.07, 6.45) is 4.06. The molecule has 1 aromatic rings. The topological polar surface area (TPSA) is 52.0 Å². The molecule has 2 heterocycles. The zero-order chi connectivity index (χ0) is 13.0. The second-order valence-corrected chi connectivity index (χ2v) is 5.43. The largest absolute Gasteiger partial charge is 0.372 e. The first-order valence-corrected chi connectivity index (χ1v) is 7.04. The van der Waals surface area contributed by atoms with Gasteiger partial charge in [-0.3, -0.25) is 4.90 Å². The number of anilines is 1. The number of piperidine rings is 1. The summed E-state index contributed by atoms with van der Waals surface area (Å²) in [5, 5.41) is 13.5. The van der Waals surface area contributed by atoms with E-state index in [4.69, 9.17) is 16.9 Å². The number of aromatic nitrogens is 1. The molecule has 0 bridgehead atoms. The van der Waals surface area contributed by atoms with Crippen LogP contribution in [0.25, 0.3) is 0 Å². The van der Waals surface area contributed by atoms with Crippen molar-refractivity contribution < 1.29 is 0 Å². The van der Waals surface area contributed by atoms with Crippen LogP contribution in [0.15, 0.2) is 12.7 Å². The van der Waals surface area contributed by atoms with Crippen molar-refractivity contribution in [3.63, 3.8) is 0 Å². The fourth-order valence-electron chi connectivity index (χ4n) is 2.09. The van der Waals surface area contributed by atoms with Gasteiger partial charge in [-0.2, -0.15) is 9.64 Å². The molecule has 0 aliphatic carbocycles. The molecule has 0 spiro atoms. The van der Waals surface area contributed by atoms with Crippen molar-refractivity contribution in [2.75, 3.05) is 25.0 Å². The van der Waals surface area contributed by atoms with Crippen LogP contribution in [-0.4, -0.2) is 34.9 Å². The minimum Gasteiger partial charge on any atom is -0.372 e. The lowest BCUT2D eigenvalue weighted by molar-refractivity contribution is 0.240. The van der Waals surface area contributed by atoms with Crippen LogP contribution in [0.4, 0.5) is 5.00 Å². The molecule has 1 aliphatic heterocycles. The van der Waals surface area contributed by atoms with Crippen LogP contribution in [-0.2, 0) is 0 Å². The van der Waals surface area contributed by atoms with Gasteiger partial charge in [0.15, 0.2) is 5.15 Å². The zero-order valence-electron chi connectivity index (χ0n) is 10.0. The van der Waals surface area contributed by atoms with Gasteiger partial charge in [0.25, 0.3) is 0 Å². The van der Waals surface area contributed by atoms with Crippen molar-refractivity contribution in [3.8, 4) is 6.07 Å². The standard InChI is InChI=1S/C12H15ClN4S/c1-2-5-17-6-3-9(4-7-17)15-12-10(8-14)11(13)16-18-12/h2,9,15H,1,3-7H2. The van der Waals surface area contributed by atoms with Gasteiger partial charge >= 0.3 is 0 Å². The van der Waals surface area contributed by atoms with Crippen molar-refractivity contribution in [3.05, 3.63) is 23.4 Å². The molecule has 96 valence electrons. The van der Waals surface area contributed by atoms with Crippen LogP contribution in [0.2, 0.25) is 5.15 Å².